The maximum Gasteiger partial charge on any atom is 0.255 e. The first-order chi connectivity index (χ1) is 17.6. The van der Waals surface area contributed by atoms with Gasteiger partial charge < -0.3 is 9.73 Å². The molecule has 1 fully saturated rings. The number of sulfonamides is 1. The molecule has 1 aromatic heterocycles. The first kappa shape index (κ1) is 25.5. The highest BCUT2D eigenvalue weighted by Gasteiger charge is 2.33. The van der Waals surface area contributed by atoms with Gasteiger partial charge in [0, 0.05) is 28.5 Å². The molecule has 0 unspecified atom stereocenters. The molecule has 1 amide bonds. The van der Waals surface area contributed by atoms with Crippen LogP contribution < -0.4 is 9.62 Å². The number of rotatable bonds is 7. The van der Waals surface area contributed by atoms with Crippen LogP contribution in [0, 0.1) is 12.7 Å². The topological polar surface area (TPSA) is 79.6 Å². The van der Waals surface area contributed by atoms with Gasteiger partial charge in [-0.15, -0.1) is 0 Å². The van der Waals surface area contributed by atoms with Crippen molar-refractivity contribution in [2.24, 2.45) is 0 Å². The number of anilines is 1. The molecule has 6 nitrogen and oxygen atoms in total. The Hall–Kier alpha value is -3.17. The van der Waals surface area contributed by atoms with Crippen molar-refractivity contribution in [2.75, 3.05) is 17.6 Å². The summed E-state index contributed by atoms with van der Waals surface area (Å²) in [6.45, 7) is 2.11. The fourth-order valence-corrected chi connectivity index (χ4v) is 5.98. The van der Waals surface area contributed by atoms with E-state index in [2.05, 4.69) is 21.2 Å². The third-order valence-electron chi connectivity index (χ3n) is 6.70. The van der Waals surface area contributed by atoms with E-state index in [-0.39, 0.29) is 18.4 Å². The highest BCUT2D eigenvalue weighted by Crippen LogP contribution is 2.48. The fraction of sp³-hybridized carbons (Fsp3) is 0.250. The van der Waals surface area contributed by atoms with Crippen LogP contribution in [0.3, 0.4) is 0 Å². The molecular weight excluding hydrogens is 559 g/mol. The van der Waals surface area contributed by atoms with Gasteiger partial charge in [0.2, 0.25) is 10.0 Å². The van der Waals surface area contributed by atoms with Crippen molar-refractivity contribution in [2.45, 2.75) is 32.2 Å². The second-order valence-electron chi connectivity index (χ2n) is 9.41. The van der Waals surface area contributed by atoms with Crippen LogP contribution in [-0.2, 0) is 16.6 Å². The molecule has 5 rings (SSSR count). The quantitative estimate of drug-likeness (QED) is 0.268. The van der Waals surface area contributed by atoms with Crippen LogP contribution in [0.2, 0.25) is 0 Å². The molecule has 1 aliphatic rings. The number of fused-ring (bicyclic) bond motifs is 1. The Morgan fingerprint density at radius 1 is 1.14 bits per heavy atom. The molecule has 0 spiro atoms. The van der Waals surface area contributed by atoms with Crippen LogP contribution in [0.1, 0.15) is 45.8 Å². The summed E-state index contributed by atoms with van der Waals surface area (Å²) in [5.74, 6) is -0.232. The van der Waals surface area contributed by atoms with Gasteiger partial charge in [0.1, 0.15) is 17.2 Å². The van der Waals surface area contributed by atoms with E-state index in [0.29, 0.717) is 33.5 Å². The summed E-state index contributed by atoms with van der Waals surface area (Å²) in [4.78, 5) is 13.0. The van der Waals surface area contributed by atoms with Gasteiger partial charge in [-0.3, -0.25) is 9.10 Å². The van der Waals surface area contributed by atoms with Crippen molar-refractivity contribution < 1.29 is 22.0 Å². The standard InChI is InChI=1S/C28H26BrFN2O4S/c1-16-12-20(29)9-6-19(16)15-32(37(3,34)35)24-14-25-23(13-22(24)17-4-5-17)26(28(33)31-2)27(36-25)18-7-10-21(30)11-8-18/h6-14,17H,4-5,15H2,1-3H3,(H,31,33). The van der Waals surface area contributed by atoms with Gasteiger partial charge in [0.25, 0.3) is 5.91 Å². The summed E-state index contributed by atoms with van der Waals surface area (Å²) in [6.07, 6.45) is 3.07. The summed E-state index contributed by atoms with van der Waals surface area (Å²) in [5, 5.41) is 3.26. The Balaban J connectivity index is 1.73. The van der Waals surface area contributed by atoms with Gasteiger partial charge in [-0.2, -0.15) is 0 Å². The van der Waals surface area contributed by atoms with Gasteiger partial charge in [-0.1, -0.05) is 22.0 Å². The average Bonchev–Trinajstić information content (AvgIpc) is 3.62. The van der Waals surface area contributed by atoms with Crippen LogP contribution in [0.25, 0.3) is 22.3 Å². The molecule has 1 saturated carbocycles. The number of nitrogens with one attached hydrogen (secondary N) is 1. The lowest BCUT2D eigenvalue weighted by Gasteiger charge is -2.26. The van der Waals surface area contributed by atoms with Crippen LogP contribution in [0.4, 0.5) is 10.1 Å². The van der Waals surface area contributed by atoms with Crippen molar-refractivity contribution in [3.05, 3.63) is 87.1 Å². The van der Waals surface area contributed by atoms with Crippen LogP contribution in [-0.4, -0.2) is 27.6 Å². The molecule has 1 aliphatic carbocycles. The third-order valence-corrected chi connectivity index (χ3v) is 8.32. The predicted molar refractivity (Wildman–Crippen MR) is 147 cm³/mol. The highest BCUT2D eigenvalue weighted by molar-refractivity contribution is 9.10. The minimum atomic E-state index is -3.66. The van der Waals surface area contributed by atoms with Crippen molar-refractivity contribution in [3.63, 3.8) is 0 Å². The predicted octanol–water partition coefficient (Wildman–Crippen LogP) is 6.51. The maximum atomic E-state index is 13.6. The Bertz CT molecular complexity index is 1630. The van der Waals surface area contributed by atoms with Gasteiger partial charge >= 0.3 is 0 Å². The van der Waals surface area contributed by atoms with Crippen LogP contribution >= 0.6 is 15.9 Å². The largest absolute Gasteiger partial charge is 0.455 e. The van der Waals surface area contributed by atoms with E-state index in [4.69, 9.17) is 4.42 Å². The molecule has 0 atom stereocenters. The van der Waals surface area contributed by atoms with E-state index in [1.807, 2.05) is 31.2 Å². The molecule has 0 bridgehead atoms. The van der Waals surface area contributed by atoms with Gasteiger partial charge in [0.05, 0.1) is 24.1 Å². The number of amides is 1. The summed E-state index contributed by atoms with van der Waals surface area (Å²) in [6, 6.07) is 15.1. The molecule has 192 valence electrons. The molecule has 37 heavy (non-hydrogen) atoms. The zero-order valence-electron chi connectivity index (χ0n) is 20.6. The van der Waals surface area contributed by atoms with E-state index < -0.39 is 15.8 Å². The van der Waals surface area contributed by atoms with Crippen molar-refractivity contribution in [1.82, 2.24) is 5.32 Å². The van der Waals surface area contributed by atoms with Crippen molar-refractivity contribution in [1.29, 1.82) is 0 Å². The van der Waals surface area contributed by atoms with Crippen LogP contribution in [0.15, 0.2) is 63.5 Å². The lowest BCUT2D eigenvalue weighted by molar-refractivity contribution is 0.0964. The molecule has 9 heteroatoms. The average molecular weight is 585 g/mol. The zero-order valence-corrected chi connectivity index (χ0v) is 23.0. The Morgan fingerprint density at radius 2 is 1.84 bits per heavy atom. The second kappa shape index (κ2) is 9.61. The second-order valence-corrected chi connectivity index (χ2v) is 12.2. The fourth-order valence-electron chi connectivity index (χ4n) is 4.61. The lowest BCUT2D eigenvalue weighted by Crippen LogP contribution is -2.30. The number of halogens is 2. The summed E-state index contributed by atoms with van der Waals surface area (Å²) in [5.41, 5.74) is 4.54. The molecule has 0 radical (unpaired) electrons. The molecule has 0 aliphatic heterocycles. The van der Waals surface area contributed by atoms with E-state index in [0.717, 1.165) is 34.0 Å². The summed E-state index contributed by atoms with van der Waals surface area (Å²) < 4.78 is 48.3. The molecule has 3 aromatic carbocycles. The number of furan rings is 1. The Labute approximate surface area is 223 Å². The normalized spacial score (nSPS) is 13.6. The first-order valence-electron chi connectivity index (χ1n) is 11.9. The number of nitrogens with zero attached hydrogens (tertiary/aromatic N) is 1. The number of carbonyl (C=O) groups is 1. The van der Waals surface area contributed by atoms with Gasteiger partial charge in [0.15, 0.2) is 0 Å². The first-order valence-corrected chi connectivity index (χ1v) is 14.5. The van der Waals surface area contributed by atoms with Crippen molar-refractivity contribution >= 4 is 48.5 Å². The van der Waals surface area contributed by atoms with Crippen molar-refractivity contribution in [3.8, 4) is 11.3 Å². The number of hydrogen-bond acceptors (Lipinski definition) is 4. The summed E-state index contributed by atoms with van der Waals surface area (Å²) in [7, 11) is -2.12. The Kier molecular flexibility index (Phi) is 6.62. The smallest absolute Gasteiger partial charge is 0.255 e. The van der Waals surface area contributed by atoms with E-state index >= 15 is 0 Å². The van der Waals surface area contributed by atoms with Gasteiger partial charge in [-0.25, -0.2) is 12.8 Å². The van der Waals surface area contributed by atoms with Crippen LogP contribution in [0.5, 0.6) is 0 Å². The third kappa shape index (κ3) is 5.02. The Morgan fingerprint density at radius 3 is 2.43 bits per heavy atom. The van der Waals surface area contributed by atoms with E-state index in [9.17, 15) is 17.6 Å². The van der Waals surface area contributed by atoms with E-state index in [1.54, 1.807) is 18.2 Å². The molecular formula is C28H26BrFN2O4S. The number of aryl methyl sites for hydroxylation is 1. The zero-order chi connectivity index (χ0) is 26.5. The lowest BCUT2D eigenvalue weighted by atomic mass is 10.00. The minimum Gasteiger partial charge on any atom is -0.455 e. The molecule has 0 saturated heterocycles. The SMILES string of the molecule is CNC(=O)c1c(-c2ccc(F)cc2)oc2cc(N(Cc3ccc(Br)cc3C)S(C)(=O)=O)c(C3CC3)cc12. The number of hydrogen-bond donors (Lipinski definition) is 1. The highest BCUT2D eigenvalue weighted by atomic mass is 79.9. The summed E-state index contributed by atoms with van der Waals surface area (Å²) >= 11 is 3.47. The van der Waals surface area contributed by atoms with E-state index in [1.165, 1.54) is 29.7 Å². The number of benzene rings is 3. The maximum absolute atomic E-state index is 13.6. The number of carbonyl (C=O) groups excluding carboxylic acids is 1. The molecule has 1 N–H and O–H groups in total. The molecule has 1 heterocycles. The molecule has 4 aromatic rings. The van der Waals surface area contributed by atoms with Gasteiger partial charge in [-0.05, 0) is 84.8 Å². The monoisotopic (exact) mass is 584 g/mol. The minimum absolute atomic E-state index is 0.164.